The molecule has 1 saturated heterocycles. The Bertz CT molecular complexity index is 1300. The summed E-state index contributed by atoms with van der Waals surface area (Å²) in [6, 6.07) is 20.5. The van der Waals surface area contributed by atoms with Gasteiger partial charge in [0.1, 0.15) is 11.5 Å². The van der Waals surface area contributed by atoms with Crippen LogP contribution in [-0.4, -0.2) is 83.3 Å². The van der Waals surface area contributed by atoms with E-state index in [0.29, 0.717) is 29.1 Å². The second-order valence-electron chi connectivity index (χ2n) is 9.84. The molecule has 0 unspecified atom stereocenters. The zero-order chi connectivity index (χ0) is 29.2. The number of ether oxygens (including phenoxy) is 2. The largest absolute Gasteiger partial charge is 0.497 e. The summed E-state index contributed by atoms with van der Waals surface area (Å²) in [5.74, 6) is 1.13. The van der Waals surface area contributed by atoms with E-state index < -0.39 is 0 Å². The number of rotatable bonds is 12. The quantitative estimate of drug-likeness (QED) is 0.341. The molecule has 41 heavy (non-hydrogen) atoms. The van der Waals surface area contributed by atoms with Crippen LogP contribution in [0.2, 0.25) is 0 Å². The van der Waals surface area contributed by atoms with Crippen molar-refractivity contribution in [1.29, 1.82) is 0 Å². The van der Waals surface area contributed by atoms with Gasteiger partial charge in [0.25, 0.3) is 11.8 Å². The van der Waals surface area contributed by atoms with Crippen molar-refractivity contribution in [3.63, 3.8) is 0 Å². The van der Waals surface area contributed by atoms with E-state index in [0.717, 1.165) is 62.9 Å². The topological polar surface area (TPSA) is 86.4 Å². The summed E-state index contributed by atoms with van der Waals surface area (Å²) in [5.41, 5.74) is 3.54. The monoisotopic (exact) mass is 559 g/mol. The Hall–Kier alpha value is -4.24. The third-order valence-electron chi connectivity index (χ3n) is 7.51. The molecule has 2 N–H and O–H groups in total. The molecular weight excluding hydrogens is 518 g/mol. The maximum atomic E-state index is 13.5. The van der Waals surface area contributed by atoms with Gasteiger partial charge in [0.15, 0.2) is 0 Å². The Kier molecular flexibility index (Phi) is 10.5. The minimum Gasteiger partial charge on any atom is -0.497 e. The molecule has 9 nitrogen and oxygen atoms in total. The lowest BCUT2D eigenvalue weighted by atomic mass is 10.1. The van der Waals surface area contributed by atoms with E-state index in [-0.39, 0.29) is 11.8 Å². The van der Waals surface area contributed by atoms with Gasteiger partial charge in [-0.1, -0.05) is 26.0 Å². The molecule has 218 valence electrons. The van der Waals surface area contributed by atoms with Crippen LogP contribution in [0.1, 0.15) is 34.6 Å². The molecule has 1 aliphatic rings. The van der Waals surface area contributed by atoms with Gasteiger partial charge in [-0.05, 0) is 67.7 Å². The summed E-state index contributed by atoms with van der Waals surface area (Å²) < 4.78 is 10.8. The number of piperazine rings is 1. The van der Waals surface area contributed by atoms with E-state index in [4.69, 9.17) is 9.47 Å². The van der Waals surface area contributed by atoms with Crippen molar-refractivity contribution in [1.82, 2.24) is 10.2 Å². The minimum atomic E-state index is -0.251. The maximum absolute atomic E-state index is 13.5. The number of hydrogen-bond donors (Lipinski definition) is 2. The smallest absolute Gasteiger partial charge is 0.255 e. The third kappa shape index (κ3) is 7.49. The predicted octanol–water partition coefficient (Wildman–Crippen LogP) is 4.35. The first-order chi connectivity index (χ1) is 20.0. The molecule has 3 aromatic carbocycles. The fourth-order valence-electron chi connectivity index (χ4n) is 5.06. The second-order valence-corrected chi connectivity index (χ2v) is 9.84. The molecular formula is C32H41N5O4. The Morgan fingerprint density at radius 3 is 2.10 bits per heavy atom. The number of nitrogens with one attached hydrogen (secondary N) is 2. The zero-order valence-corrected chi connectivity index (χ0v) is 24.5. The van der Waals surface area contributed by atoms with E-state index in [1.807, 2.05) is 30.3 Å². The van der Waals surface area contributed by atoms with E-state index in [1.54, 1.807) is 44.6 Å². The third-order valence-corrected chi connectivity index (χ3v) is 7.51. The van der Waals surface area contributed by atoms with Crippen LogP contribution in [0.3, 0.4) is 0 Å². The highest BCUT2D eigenvalue weighted by molar-refractivity contribution is 6.06. The Morgan fingerprint density at radius 1 is 0.805 bits per heavy atom. The lowest BCUT2D eigenvalue weighted by Gasteiger charge is -2.38. The highest BCUT2D eigenvalue weighted by Gasteiger charge is 2.24. The van der Waals surface area contributed by atoms with Gasteiger partial charge in [0.2, 0.25) is 0 Å². The van der Waals surface area contributed by atoms with E-state index in [9.17, 15) is 9.59 Å². The number of carbonyl (C=O) groups excluding carboxylic acids is 2. The van der Waals surface area contributed by atoms with Crippen LogP contribution in [-0.2, 0) is 0 Å². The average Bonchev–Trinajstić information content (AvgIpc) is 3.03. The molecule has 2 amide bonds. The van der Waals surface area contributed by atoms with Gasteiger partial charge in [-0.15, -0.1) is 0 Å². The van der Waals surface area contributed by atoms with Gasteiger partial charge in [0, 0.05) is 56.2 Å². The maximum Gasteiger partial charge on any atom is 0.255 e. The molecule has 1 fully saturated rings. The number of nitrogens with zero attached hydrogens (tertiary/aromatic N) is 3. The predicted molar refractivity (Wildman–Crippen MR) is 165 cm³/mol. The number of anilines is 3. The fourth-order valence-corrected chi connectivity index (χ4v) is 5.06. The van der Waals surface area contributed by atoms with Crippen LogP contribution >= 0.6 is 0 Å². The standard InChI is InChI=1S/C32H41N5O4/c1-5-35(6-2)18-17-33-32(39)27-23-25(34-31(38)24-11-14-26(40-3)15-12-24)13-16-28(27)36-19-21-37(22-20-36)29-9-7-8-10-30(29)41-4/h7-16,23H,5-6,17-22H2,1-4H3,(H,33,39)(H,34,38). The molecule has 4 rings (SSSR count). The first-order valence-electron chi connectivity index (χ1n) is 14.2. The molecule has 0 saturated carbocycles. The van der Waals surface area contributed by atoms with E-state index in [1.165, 1.54) is 0 Å². The van der Waals surface area contributed by atoms with Crippen LogP contribution in [0.5, 0.6) is 11.5 Å². The van der Waals surface area contributed by atoms with E-state index in [2.05, 4.69) is 45.2 Å². The average molecular weight is 560 g/mol. The summed E-state index contributed by atoms with van der Waals surface area (Å²) in [7, 11) is 3.28. The molecule has 0 aliphatic carbocycles. The molecule has 1 aliphatic heterocycles. The number of methoxy groups -OCH3 is 2. The SMILES string of the molecule is CCN(CC)CCNC(=O)c1cc(NC(=O)c2ccc(OC)cc2)ccc1N1CCN(c2ccccc2OC)CC1. The Labute approximate surface area is 243 Å². The van der Waals surface area contributed by atoms with Crippen molar-refractivity contribution in [2.24, 2.45) is 0 Å². The normalized spacial score (nSPS) is 13.2. The minimum absolute atomic E-state index is 0.153. The lowest BCUT2D eigenvalue weighted by Crippen LogP contribution is -2.47. The number of likely N-dealkylation sites (N-methyl/N-ethyl adjacent to an activating group) is 1. The number of amides is 2. The first kappa shape index (κ1) is 29.7. The van der Waals surface area contributed by atoms with Crippen LogP contribution in [0.15, 0.2) is 66.7 Å². The van der Waals surface area contributed by atoms with Crippen molar-refractivity contribution in [2.45, 2.75) is 13.8 Å². The number of hydrogen-bond acceptors (Lipinski definition) is 7. The van der Waals surface area contributed by atoms with Crippen molar-refractivity contribution < 1.29 is 19.1 Å². The van der Waals surface area contributed by atoms with Gasteiger partial charge in [-0.3, -0.25) is 9.59 Å². The van der Waals surface area contributed by atoms with Gasteiger partial charge in [0.05, 0.1) is 25.5 Å². The van der Waals surface area contributed by atoms with Gasteiger partial charge in [-0.25, -0.2) is 0 Å². The summed E-state index contributed by atoms with van der Waals surface area (Å²) in [5, 5.41) is 6.04. The van der Waals surface area contributed by atoms with Crippen LogP contribution in [0, 0.1) is 0 Å². The first-order valence-corrected chi connectivity index (χ1v) is 14.2. The molecule has 9 heteroatoms. The molecule has 0 atom stereocenters. The fraction of sp³-hybridized carbons (Fsp3) is 0.375. The van der Waals surface area contributed by atoms with Crippen LogP contribution in [0.25, 0.3) is 0 Å². The van der Waals surface area contributed by atoms with Crippen LogP contribution in [0.4, 0.5) is 17.1 Å². The summed E-state index contributed by atoms with van der Waals surface area (Å²) in [6.07, 6.45) is 0. The number of benzene rings is 3. The molecule has 3 aromatic rings. The molecule has 0 radical (unpaired) electrons. The number of para-hydroxylation sites is 2. The molecule has 0 aromatic heterocycles. The van der Waals surface area contributed by atoms with Crippen LogP contribution < -0.4 is 29.9 Å². The zero-order valence-electron chi connectivity index (χ0n) is 24.5. The summed E-state index contributed by atoms with van der Waals surface area (Å²) >= 11 is 0. The van der Waals surface area contributed by atoms with Gasteiger partial charge < -0.3 is 34.8 Å². The summed E-state index contributed by atoms with van der Waals surface area (Å²) in [6.45, 7) is 10.5. The second kappa shape index (κ2) is 14.4. The Balaban J connectivity index is 1.52. The molecule has 0 spiro atoms. The van der Waals surface area contributed by atoms with Crippen molar-refractivity contribution in [2.75, 3.05) is 81.7 Å². The lowest BCUT2D eigenvalue weighted by molar-refractivity contribution is 0.0948. The Morgan fingerprint density at radius 2 is 1.46 bits per heavy atom. The highest BCUT2D eigenvalue weighted by Crippen LogP contribution is 2.31. The molecule has 0 bridgehead atoms. The van der Waals surface area contributed by atoms with Crippen molar-refractivity contribution >= 4 is 28.9 Å². The van der Waals surface area contributed by atoms with E-state index >= 15 is 0 Å². The van der Waals surface area contributed by atoms with Crippen molar-refractivity contribution in [3.05, 3.63) is 77.9 Å². The molecule has 1 heterocycles. The highest BCUT2D eigenvalue weighted by atomic mass is 16.5. The van der Waals surface area contributed by atoms with Crippen molar-refractivity contribution in [3.8, 4) is 11.5 Å². The number of carbonyl (C=O) groups is 2. The van der Waals surface area contributed by atoms with Gasteiger partial charge >= 0.3 is 0 Å². The van der Waals surface area contributed by atoms with Gasteiger partial charge in [-0.2, -0.15) is 0 Å². The summed E-state index contributed by atoms with van der Waals surface area (Å²) in [4.78, 5) is 33.3.